The predicted molar refractivity (Wildman–Crippen MR) is 54.0 cm³/mol. The first-order chi connectivity index (χ1) is 7.55. The van der Waals surface area contributed by atoms with E-state index in [0.717, 1.165) is 0 Å². The Labute approximate surface area is 96.0 Å². The summed E-state index contributed by atoms with van der Waals surface area (Å²) in [5.41, 5.74) is -2.72. The zero-order valence-corrected chi connectivity index (χ0v) is 9.49. The van der Waals surface area contributed by atoms with E-state index in [2.05, 4.69) is 0 Å². The van der Waals surface area contributed by atoms with Gasteiger partial charge in [-0.1, -0.05) is 0 Å². The highest BCUT2D eigenvalue weighted by molar-refractivity contribution is 7.55. The van der Waals surface area contributed by atoms with Gasteiger partial charge in [0.2, 0.25) is 0 Å². The van der Waals surface area contributed by atoms with E-state index >= 15 is 0 Å². The van der Waals surface area contributed by atoms with E-state index in [1.54, 1.807) is 0 Å². The molecule has 0 bridgehead atoms. The number of rotatable bonds is 2. The molecule has 0 aromatic heterocycles. The number of aliphatic hydroxyl groups is 3. The van der Waals surface area contributed by atoms with Gasteiger partial charge in [0.25, 0.3) is 0 Å². The largest absolute Gasteiger partial charge is 0.479 e. The highest BCUT2D eigenvalue weighted by atomic mass is 31.2. The lowest BCUT2D eigenvalue weighted by Gasteiger charge is -2.36. The molecule has 8 nitrogen and oxygen atoms in total. The van der Waals surface area contributed by atoms with Crippen LogP contribution in [0.15, 0.2) is 11.4 Å². The van der Waals surface area contributed by atoms with Crippen molar-refractivity contribution in [2.75, 3.05) is 0 Å². The lowest BCUT2D eigenvalue weighted by Crippen LogP contribution is -2.50. The summed E-state index contributed by atoms with van der Waals surface area (Å²) in [4.78, 5) is 28.2. The van der Waals surface area contributed by atoms with Crippen LogP contribution in [0.3, 0.4) is 0 Å². The highest BCUT2D eigenvalue weighted by Crippen LogP contribution is 2.42. The molecule has 0 aliphatic heterocycles. The molecule has 0 saturated heterocycles. The number of hydrogen-bond donors (Lipinski definition) is 6. The molecular formula is C8H13O8P. The van der Waals surface area contributed by atoms with Gasteiger partial charge in [0, 0.05) is 18.7 Å². The molecule has 98 valence electrons. The fourth-order valence-corrected chi connectivity index (χ4v) is 2.40. The molecule has 0 aromatic rings. The van der Waals surface area contributed by atoms with E-state index < -0.39 is 44.2 Å². The Bertz CT molecular complexity index is 398. The monoisotopic (exact) mass is 268 g/mol. The van der Waals surface area contributed by atoms with Gasteiger partial charge in [-0.2, -0.15) is 0 Å². The Morgan fingerprint density at radius 3 is 2.35 bits per heavy atom. The normalized spacial score (nSPS) is 37.1. The van der Waals surface area contributed by atoms with Crippen molar-refractivity contribution in [2.24, 2.45) is 0 Å². The number of carbonyl (C=O) groups is 1. The summed E-state index contributed by atoms with van der Waals surface area (Å²) in [5, 5.41) is 37.2. The molecule has 0 spiro atoms. The van der Waals surface area contributed by atoms with Gasteiger partial charge in [0.1, 0.15) is 6.10 Å². The Hall–Kier alpha value is -0.760. The first-order valence-corrected chi connectivity index (χ1v) is 6.32. The molecule has 3 atom stereocenters. The average molecular weight is 268 g/mol. The van der Waals surface area contributed by atoms with Crippen LogP contribution < -0.4 is 0 Å². The van der Waals surface area contributed by atoms with E-state index in [-0.39, 0.29) is 5.57 Å². The fourth-order valence-electron chi connectivity index (χ4n) is 1.72. The second-order valence-corrected chi connectivity index (χ2v) is 5.46. The molecule has 1 saturated carbocycles. The minimum Gasteiger partial charge on any atom is -0.479 e. The molecule has 1 rings (SSSR count). The lowest BCUT2D eigenvalue weighted by molar-refractivity contribution is -0.167. The summed E-state index contributed by atoms with van der Waals surface area (Å²) in [5.74, 6) is -1.26. The summed E-state index contributed by atoms with van der Waals surface area (Å²) in [7, 11) is -4.62. The van der Waals surface area contributed by atoms with Crippen LogP contribution >= 0.6 is 7.60 Å². The van der Waals surface area contributed by atoms with E-state index in [9.17, 15) is 24.7 Å². The topological polar surface area (TPSA) is 156 Å². The zero-order chi connectivity index (χ0) is 13.4. The van der Waals surface area contributed by atoms with Crippen LogP contribution in [0.1, 0.15) is 12.8 Å². The van der Waals surface area contributed by atoms with Crippen molar-refractivity contribution in [2.45, 2.75) is 30.7 Å². The van der Waals surface area contributed by atoms with Crippen LogP contribution in [0.5, 0.6) is 0 Å². The van der Waals surface area contributed by atoms with E-state index in [1.807, 2.05) is 0 Å². The van der Waals surface area contributed by atoms with E-state index in [0.29, 0.717) is 5.82 Å². The van der Waals surface area contributed by atoms with E-state index in [4.69, 9.17) is 14.9 Å². The molecule has 0 heterocycles. The zero-order valence-electron chi connectivity index (χ0n) is 8.59. The van der Waals surface area contributed by atoms with Gasteiger partial charge in [-0.15, -0.1) is 0 Å². The van der Waals surface area contributed by atoms with Crippen LogP contribution in [0.4, 0.5) is 0 Å². The van der Waals surface area contributed by atoms with Crippen molar-refractivity contribution in [3.8, 4) is 0 Å². The summed E-state index contributed by atoms with van der Waals surface area (Å²) in [6, 6.07) is 0. The third kappa shape index (κ3) is 3.35. The molecule has 1 aliphatic carbocycles. The van der Waals surface area contributed by atoms with Gasteiger partial charge in [-0.25, -0.2) is 4.79 Å². The van der Waals surface area contributed by atoms with Crippen molar-refractivity contribution in [3.05, 3.63) is 11.4 Å². The molecule has 6 N–H and O–H groups in total. The van der Waals surface area contributed by atoms with Gasteiger partial charge < -0.3 is 30.2 Å². The second kappa shape index (κ2) is 4.49. The molecule has 9 heteroatoms. The van der Waals surface area contributed by atoms with E-state index in [1.165, 1.54) is 0 Å². The van der Waals surface area contributed by atoms with Crippen molar-refractivity contribution in [1.82, 2.24) is 0 Å². The lowest BCUT2D eigenvalue weighted by atomic mass is 9.79. The SMILES string of the molecule is O=C(O)[C@]1(O)C/C(=C\P(=O)(O)O)[C@@H](O)[C@H](O)C1. The molecule has 17 heavy (non-hydrogen) atoms. The van der Waals surface area contributed by atoms with Crippen LogP contribution in [-0.2, 0) is 9.36 Å². The summed E-state index contributed by atoms with van der Waals surface area (Å²) < 4.78 is 10.7. The average Bonchev–Trinajstić information content (AvgIpc) is 2.11. The van der Waals surface area contributed by atoms with Crippen molar-refractivity contribution >= 4 is 13.6 Å². The minimum atomic E-state index is -4.62. The number of carboxylic acid groups (broad SMARTS) is 1. The smallest absolute Gasteiger partial charge is 0.349 e. The Kier molecular flexibility index (Phi) is 3.78. The summed E-state index contributed by atoms with van der Waals surface area (Å²) in [6.07, 6.45) is -4.45. The van der Waals surface area contributed by atoms with Crippen molar-refractivity contribution in [3.63, 3.8) is 0 Å². The second-order valence-electron chi connectivity index (χ2n) is 4.02. The van der Waals surface area contributed by atoms with Crippen molar-refractivity contribution < 1.29 is 39.6 Å². The molecule has 1 fully saturated rings. The maximum atomic E-state index is 10.8. The molecular weight excluding hydrogens is 255 g/mol. The number of hydrogen-bond acceptors (Lipinski definition) is 5. The molecule has 0 unspecified atom stereocenters. The number of aliphatic hydroxyl groups excluding tert-OH is 2. The number of carboxylic acids is 1. The molecule has 0 aromatic carbocycles. The maximum absolute atomic E-state index is 10.8. The van der Waals surface area contributed by atoms with Crippen molar-refractivity contribution in [1.29, 1.82) is 0 Å². The minimum absolute atomic E-state index is 0.369. The van der Waals surface area contributed by atoms with Crippen LogP contribution in [-0.4, -0.2) is 54.0 Å². The molecule has 1 aliphatic rings. The Morgan fingerprint density at radius 2 is 1.94 bits per heavy atom. The quantitative estimate of drug-likeness (QED) is 0.326. The number of aliphatic carboxylic acids is 1. The first-order valence-electron chi connectivity index (χ1n) is 4.64. The standard InChI is InChI=1S/C8H13O8P/c9-5-2-8(13,7(11)12)1-4(6(5)10)3-17(14,15)16/h3,5-6,9-10,13H,1-2H2,(H,11,12)(H2,14,15,16)/b4-3+/t5-,6-,8+/m1/s1. The third-order valence-electron chi connectivity index (χ3n) is 2.52. The summed E-state index contributed by atoms with van der Waals surface area (Å²) in [6.45, 7) is 0. The van der Waals surface area contributed by atoms with Crippen LogP contribution in [0.25, 0.3) is 0 Å². The molecule has 0 radical (unpaired) electrons. The third-order valence-corrected chi connectivity index (χ3v) is 3.19. The predicted octanol–water partition coefficient (Wildman–Crippen LogP) is -1.62. The Balaban J connectivity index is 3.10. The Morgan fingerprint density at radius 1 is 1.41 bits per heavy atom. The van der Waals surface area contributed by atoms with Gasteiger partial charge >= 0.3 is 13.6 Å². The highest BCUT2D eigenvalue weighted by Gasteiger charge is 2.46. The van der Waals surface area contributed by atoms with Crippen LogP contribution in [0, 0.1) is 0 Å². The maximum Gasteiger partial charge on any atom is 0.349 e. The van der Waals surface area contributed by atoms with Gasteiger partial charge in [0.15, 0.2) is 5.60 Å². The molecule has 0 amide bonds. The fraction of sp³-hybridized carbons (Fsp3) is 0.625. The summed E-state index contributed by atoms with van der Waals surface area (Å²) >= 11 is 0. The first kappa shape index (κ1) is 14.3. The van der Waals surface area contributed by atoms with Gasteiger partial charge in [0.05, 0.1) is 6.10 Å². The van der Waals surface area contributed by atoms with Crippen LogP contribution in [0.2, 0.25) is 0 Å². The van der Waals surface area contributed by atoms with Gasteiger partial charge in [-0.05, 0) is 5.57 Å². The van der Waals surface area contributed by atoms with Gasteiger partial charge in [-0.3, -0.25) is 4.57 Å².